The maximum Gasteiger partial charge on any atom is 0.273 e. The summed E-state index contributed by atoms with van der Waals surface area (Å²) in [5, 5.41) is 8.00. The summed E-state index contributed by atoms with van der Waals surface area (Å²) in [6.07, 6.45) is 1.07. The van der Waals surface area contributed by atoms with Crippen molar-refractivity contribution in [3.05, 3.63) is 27.0 Å². The molecule has 0 saturated carbocycles. The van der Waals surface area contributed by atoms with Crippen LogP contribution in [0.2, 0.25) is 0 Å². The first-order valence-corrected chi connectivity index (χ1v) is 9.36. The number of hydrogen-bond acceptors (Lipinski definition) is 5. The van der Waals surface area contributed by atoms with Gasteiger partial charge in [-0.05, 0) is 47.9 Å². The molecule has 21 heavy (non-hydrogen) atoms. The third kappa shape index (κ3) is 3.36. The van der Waals surface area contributed by atoms with Crippen LogP contribution >= 0.6 is 38.6 Å². The fraction of sp³-hybridized carbons (Fsp3) is 0.429. The highest BCUT2D eigenvalue weighted by Crippen LogP contribution is 2.32. The molecule has 1 aliphatic heterocycles. The summed E-state index contributed by atoms with van der Waals surface area (Å²) in [4.78, 5) is 20.0. The van der Waals surface area contributed by atoms with Gasteiger partial charge < -0.3 is 10.2 Å². The molecule has 1 atom stereocenters. The topological polar surface area (TPSA) is 45.2 Å². The Kier molecular flexibility index (Phi) is 4.73. The lowest BCUT2D eigenvalue weighted by Gasteiger charge is -2.14. The zero-order valence-corrected chi connectivity index (χ0v) is 14.9. The number of thiophene rings is 1. The van der Waals surface area contributed by atoms with E-state index in [-0.39, 0.29) is 5.91 Å². The van der Waals surface area contributed by atoms with Crippen molar-refractivity contribution in [2.24, 2.45) is 5.92 Å². The van der Waals surface area contributed by atoms with E-state index in [0.29, 0.717) is 11.6 Å². The minimum atomic E-state index is 0.0618. The van der Waals surface area contributed by atoms with E-state index in [0.717, 1.165) is 40.4 Å². The van der Waals surface area contributed by atoms with Gasteiger partial charge in [0.05, 0.1) is 4.88 Å². The van der Waals surface area contributed by atoms with Gasteiger partial charge in [0.2, 0.25) is 0 Å². The standard InChI is InChI=1S/C14H16BrN3OS2/c1-16-5-9-2-3-18(6-9)14(19)11-8-21-13(17-11)12-4-10(15)7-20-12/h4,7-9,16H,2-3,5-6H2,1H3. The smallest absolute Gasteiger partial charge is 0.273 e. The van der Waals surface area contributed by atoms with Crippen molar-refractivity contribution in [3.63, 3.8) is 0 Å². The summed E-state index contributed by atoms with van der Waals surface area (Å²) in [5.74, 6) is 0.622. The Bertz CT molecular complexity index is 640. The number of likely N-dealkylation sites (tertiary alicyclic amines) is 1. The molecule has 1 saturated heterocycles. The molecule has 1 aliphatic rings. The molecule has 1 N–H and O–H groups in total. The lowest BCUT2D eigenvalue weighted by molar-refractivity contribution is 0.0782. The molecule has 1 fully saturated rings. The molecule has 112 valence electrons. The van der Waals surface area contributed by atoms with E-state index in [4.69, 9.17) is 0 Å². The van der Waals surface area contributed by atoms with E-state index in [2.05, 4.69) is 26.2 Å². The Balaban J connectivity index is 1.70. The summed E-state index contributed by atoms with van der Waals surface area (Å²) in [7, 11) is 1.95. The van der Waals surface area contributed by atoms with Crippen LogP contribution in [0.1, 0.15) is 16.9 Å². The van der Waals surface area contributed by atoms with Gasteiger partial charge in [0, 0.05) is 28.3 Å². The second-order valence-electron chi connectivity index (χ2n) is 5.13. The number of carbonyl (C=O) groups is 1. The van der Waals surface area contributed by atoms with Gasteiger partial charge in [-0.15, -0.1) is 22.7 Å². The fourth-order valence-electron chi connectivity index (χ4n) is 2.54. The van der Waals surface area contributed by atoms with Crippen LogP contribution in [0.25, 0.3) is 9.88 Å². The molecule has 0 bridgehead atoms. The quantitative estimate of drug-likeness (QED) is 0.877. The van der Waals surface area contributed by atoms with E-state index in [1.807, 2.05) is 28.8 Å². The number of carbonyl (C=O) groups excluding carboxylic acids is 1. The predicted molar refractivity (Wildman–Crippen MR) is 91.1 cm³/mol. The highest BCUT2D eigenvalue weighted by atomic mass is 79.9. The van der Waals surface area contributed by atoms with Gasteiger partial charge in [0.1, 0.15) is 10.7 Å². The van der Waals surface area contributed by atoms with Gasteiger partial charge in [0.15, 0.2) is 0 Å². The van der Waals surface area contributed by atoms with Crippen LogP contribution in [0.3, 0.4) is 0 Å². The Morgan fingerprint density at radius 1 is 1.52 bits per heavy atom. The number of hydrogen-bond donors (Lipinski definition) is 1. The lowest BCUT2D eigenvalue weighted by atomic mass is 10.1. The van der Waals surface area contributed by atoms with Gasteiger partial charge in [0.25, 0.3) is 5.91 Å². The van der Waals surface area contributed by atoms with Gasteiger partial charge >= 0.3 is 0 Å². The predicted octanol–water partition coefficient (Wildman–Crippen LogP) is 3.32. The number of halogens is 1. The van der Waals surface area contributed by atoms with E-state index in [1.54, 1.807) is 11.3 Å². The molecule has 3 heterocycles. The second kappa shape index (κ2) is 6.56. The van der Waals surface area contributed by atoms with E-state index < -0.39 is 0 Å². The Labute approximate surface area is 140 Å². The average molecular weight is 386 g/mol. The first kappa shape index (κ1) is 15.1. The molecular formula is C14H16BrN3OS2. The van der Waals surface area contributed by atoms with Gasteiger partial charge in [-0.2, -0.15) is 0 Å². The first-order valence-electron chi connectivity index (χ1n) is 6.81. The normalized spacial score (nSPS) is 18.4. The highest BCUT2D eigenvalue weighted by Gasteiger charge is 2.27. The second-order valence-corrected chi connectivity index (χ2v) is 7.82. The van der Waals surface area contributed by atoms with Crippen LogP contribution in [-0.4, -0.2) is 42.5 Å². The van der Waals surface area contributed by atoms with Crippen LogP contribution in [0.4, 0.5) is 0 Å². The van der Waals surface area contributed by atoms with Gasteiger partial charge in [-0.3, -0.25) is 4.79 Å². The molecule has 1 unspecified atom stereocenters. The van der Waals surface area contributed by atoms with E-state index >= 15 is 0 Å². The van der Waals surface area contributed by atoms with Gasteiger partial charge in [-0.1, -0.05) is 0 Å². The van der Waals surface area contributed by atoms with Crippen molar-refractivity contribution in [1.29, 1.82) is 0 Å². The third-order valence-corrected chi connectivity index (χ3v) is 6.27. The van der Waals surface area contributed by atoms with Crippen LogP contribution in [0, 0.1) is 5.92 Å². The molecule has 0 radical (unpaired) electrons. The van der Waals surface area contributed by atoms with Crippen molar-refractivity contribution in [2.45, 2.75) is 6.42 Å². The number of rotatable bonds is 4. The summed E-state index contributed by atoms with van der Waals surface area (Å²) >= 11 is 6.61. The van der Waals surface area contributed by atoms with E-state index in [9.17, 15) is 4.79 Å². The molecule has 4 nitrogen and oxygen atoms in total. The van der Waals surface area contributed by atoms with Crippen LogP contribution in [0.15, 0.2) is 21.3 Å². The van der Waals surface area contributed by atoms with Crippen LogP contribution in [0.5, 0.6) is 0 Å². The van der Waals surface area contributed by atoms with Gasteiger partial charge in [-0.25, -0.2) is 4.98 Å². The molecule has 7 heteroatoms. The molecule has 0 spiro atoms. The maximum atomic E-state index is 12.5. The number of aromatic nitrogens is 1. The van der Waals surface area contributed by atoms with Crippen molar-refractivity contribution in [1.82, 2.24) is 15.2 Å². The Morgan fingerprint density at radius 2 is 2.38 bits per heavy atom. The molecular weight excluding hydrogens is 370 g/mol. The molecule has 1 amide bonds. The minimum absolute atomic E-state index is 0.0618. The molecule has 2 aromatic rings. The number of amides is 1. The summed E-state index contributed by atoms with van der Waals surface area (Å²) < 4.78 is 1.06. The fourth-order valence-corrected chi connectivity index (χ4v) is 4.85. The number of thiazole rings is 1. The molecule has 0 aliphatic carbocycles. The monoisotopic (exact) mass is 385 g/mol. The Morgan fingerprint density at radius 3 is 3.10 bits per heavy atom. The van der Waals surface area contributed by atoms with Crippen LogP contribution in [-0.2, 0) is 0 Å². The SMILES string of the molecule is CNCC1CCN(C(=O)c2csc(-c3cc(Br)cs3)n2)C1. The molecule has 3 rings (SSSR count). The molecule has 2 aromatic heterocycles. The van der Waals surface area contributed by atoms with E-state index in [1.165, 1.54) is 11.3 Å². The van der Waals surface area contributed by atoms with Crippen molar-refractivity contribution in [3.8, 4) is 9.88 Å². The summed E-state index contributed by atoms with van der Waals surface area (Å²) in [5.41, 5.74) is 0.574. The first-order chi connectivity index (χ1) is 10.2. The lowest BCUT2D eigenvalue weighted by Crippen LogP contribution is -2.30. The van der Waals surface area contributed by atoms with Crippen LogP contribution < -0.4 is 5.32 Å². The number of nitrogens with zero attached hydrogens (tertiary/aromatic N) is 2. The minimum Gasteiger partial charge on any atom is -0.337 e. The maximum absolute atomic E-state index is 12.5. The zero-order chi connectivity index (χ0) is 14.8. The van der Waals surface area contributed by atoms with Crippen molar-refractivity contribution >= 4 is 44.5 Å². The summed E-state index contributed by atoms with van der Waals surface area (Å²) in [6.45, 7) is 2.63. The zero-order valence-electron chi connectivity index (χ0n) is 11.6. The van der Waals surface area contributed by atoms with Crippen molar-refractivity contribution < 1.29 is 4.79 Å². The van der Waals surface area contributed by atoms with Crippen molar-refractivity contribution in [2.75, 3.05) is 26.7 Å². The third-order valence-electron chi connectivity index (χ3n) is 3.57. The molecule has 0 aromatic carbocycles. The average Bonchev–Trinajstić information content (AvgIpc) is 3.17. The largest absolute Gasteiger partial charge is 0.337 e. The Hall–Kier alpha value is -0.760. The number of nitrogens with one attached hydrogen (secondary N) is 1. The summed E-state index contributed by atoms with van der Waals surface area (Å²) in [6, 6.07) is 2.04. The highest BCUT2D eigenvalue weighted by molar-refractivity contribution is 9.10.